The summed E-state index contributed by atoms with van der Waals surface area (Å²) in [4.78, 5) is 4.53. The second-order valence-corrected chi connectivity index (χ2v) is 4.03. The van der Waals surface area contributed by atoms with Crippen LogP contribution in [0.3, 0.4) is 0 Å². The van der Waals surface area contributed by atoms with Gasteiger partial charge in [-0.2, -0.15) is 0 Å². The summed E-state index contributed by atoms with van der Waals surface area (Å²) in [6.07, 6.45) is 6.17. The predicted molar refractivity (Wildman–Crippen MR) is 67.4 cm³/mol. The van der Waals surface area contributed by atoms with E-state index in [1.54, 1.807) is 0 Å². The SMILES string of the molecule is CNC(C)/C(C)=C/c1cn2ccccc2n1. The number of aromatic nitrogens is 2. The van der Waals surface area contributed by atoms with Gasteiger partial charge in [-0.1, -0.05) is 11.6 Å². The van der Waals surface area contributed by atoms with Gasteiger partial charge in [0.25, 0.3) is 0 Å². The van der Waals surface area contributed by atoms with Gasteiger partial charge in [-0.05, 0) is 39.1 Å². The van der Waals surface area contributed by atoms with Crippen LogP contribution in [0.5, 0.6) is 0 Å². The summed E-state index contributed by atoms with van der Waals surface area (Å²) in [5, 5.41) is 3.22. The lowest BCUT2D eigenvalue weighted by atomic mass is 10.1. The van der Waals surface area contributed by atoms with Gasteiger partial charge in [0.15, 0.2) is 0 Å². The molecule has 0 radical (unpaired) electrons. The fourth-order valence-corrected chi connectivity index (χ4v) is 1.61. The molecule has 0 amide bonds. The minimum absolute atomic E-state index is 0.379. The molecule has 2 heterocycles. The van der Waals surface area contributed by atoms with Crippen molar-refractivity contribution in [2.24, 2.45) is 0 Å². The fourth-order valence-electron chi connectivity index (χ4n) is 1.61. The van der Waals surface area contributed by atoms with Gasteiger partial charge in [-0.25, -0.2) is 4.98 Å². The predicted octanol–water partition coefficient (Wildman–Crippen LogP) is 2.35. The number of pyridine rings is 1. The first-order valence-electron chi connectivity index (χ1n) is 5.50. The van der Waals surface area contributed by atoms with Crippen molar-refractivity contribution in [2.45, 2.75) is 19.9 Å². The van der Waals surface area contributed by atoms with E-state index in [1.165, 1.54) is 5.57 Å². The lowest BCUT2D eigenvalue weighted by Crippen LogP contribution is -2.21. The molecule has 2 rings (SSSR count). The number of nitrogens with one attached hydrogen (secondary N) is 1. The van der Waals surface area contributed by atoms with Gasteiger partial charge >= 0.3 is 0 Å². The molecule has 0 spiro atoms. The Balaban J connectivity index is 2.34. The highest BCUT2D eigenvalue weighted by Gasteiger charge is 2.02. The molecule has 2 aromatic heterocycles. The van der Waals surface area contributed by atoms with Gasteiger partial charge in [-0.15, -0.1) is 0 Å². The molecule has 0 aliphatic heterocycles. The number of rotatable bonds is 3. The Morgan fingerprint density at radius 3 is 3.00 bits per heavy atom. The van der Waals surface area contributed by atoms with Crippen LogP contribution in [0.15, 0.2) is 36.2 Å². The van der Waals surface area contributed by atoms with E-state index in [0.717, 1.165) is 11.3 Å². The quantitative estimate of drug-likeness (QED) is 0.851. The second-order valence-electron chi connectivity index (χ2n) is 4.03. The number of nitrogens with zero attached hydrogens (tertiary/aromatic N) is 2. The van der Waals surface area contributed by atoms with E-state index in [-0.39, 0.29) is 0 Å². The Labute approximate surface area is 95.8 Å². The lowest BCUT2D eigenvalue weighted by Gasteiger charge is -2.09. The zero-order valence-electron chi connectivity index (χ0n) is 9.94. The van der Waals surface area contributed by atoms with E-state index in [1.807, 2.05) is 42.0 Å². The van der Waals surface area contributed by atoms with Crippen LogP contribution in [-0.2, 0) is 0 Å². The van der Waals surface area contributed by atoms with Crippen molar-refractivity contribution in [3.05, 3.63) is 41.9 Å². The molecule has 84 valence electrons. The van der Waals surface area contributed by atoms with Crippen LogP contribution in [0.25, 0.3) is 11.7 Å². The summed E-state index contributed by atoms with van der Waals surface area (Å²) in [7, 11) is 1.96. The Kier molecular flexibility index (Phi) is 3.06. The van der Waals surface area contributed by atoms with Gasteiger partial charge in [0.2, 0.25) is 0 Å². The summed E-state index contributed by atoms with van der Waals surface area (Å²) >= 11 is 0. The molecule has 2 aromatic rings. The minimum Gasteiger partial charge on any atom is -0.314 e. The maximum absolute atomic E-state index is 4.53. The fraction of sp³-hybridized carbons (Fsp3) is 0.308. The summed E-state index contributed by atoms with van der Waals surface area (Å²) < 4.78 is 2.03. The number of fused-ring (bicyclic) bond motifs is 1. The van der Waals surface area contributed by atoms with Crippen LogP contribution < -0.4 is 5.32 Å². The molecule has 0 fully saturated rings. The average molecular weight is 215 g/mol. The molecule has 1 N–H and O–H groups in total. The molecule has 0 aliphatic rings. The number of imidazole rings is 1. The minimum atomic E-state index is 0.379. The van der Waals surface area contributed by atoms with Crippen molar-refractivity contribution in [3.63, 3.8) is 0 Å². The van der Waals surface area contributed by atoms with Crippen LogP contribution in [0.1, 0.15) is 19.5 Å². The van der Waals surface area contributed by atoms with Gasteiger partial charge in [0, 0.05) is 18.4 Å². The topological polar surface area (TPSA) is 29.3 Å². The van der Waals surface area contributed by atoms with Gasteiger partial charge in [-0.3, -0.25) is 0 Å². The smallest absolute Gasteiger partial charge is 0.137 e. The van der Waals surface area contributed by atoms with E-state index in [0.29, 0.717) is 6.04 Å². The monoisotopic (exact) mass is 215 g/mol. The van der Waals surface area contributed by atoms with Crippen molar-refractivity contribution >= 4 is 11.7 Å². The number of likely N-dealkylation sites (N-methyl/N-ethyl adjacent to an activating group) is 1. The molecule has 1 atom stereocenters. The Hall–Kier alpha value is -1.61. The third-order valence-electron chi connectivity index (χ3n) is 2.87. The van der Waals surface area contributed by atoms with Crippen LogP contribution in [0.4, 0.5) is 0 Å². The number of hydrogen-bond donors (Lipinski definition) is 1. The lowest BCUT2D eigenvalue weighted by molar-refractivity contribution is 0.696. The number of hydrogen-bond acceptors (Lipinski definition) is 2. The summed E-state index contributed by atoms with van der Waals surface area (Å²) in [5.41, 5.74) is 3.27. The molecular formula is C13H17N3. The van der Waals surface area contributed by atoms with Crippen molar-refractivity contribution in [1.29, 1.82) is 0 Å². The van der Waals surface area contributed by atoms with Crippen molar-refractivity contribution in [3.8, 4) is 0 Å². The van der Waals surface area contributed by atoms with Crippen LogP contribution in [0.2, 0.25) is 0 Å². The van der Waals surface area contributed by atoms with Crippen LogP contribution in [0, 0.1) is 0 Å². The maximum Gasteiger partial charge on any atom is 0.137 e. The summed E-state index contributed by atoms with van der Waals surface area (Å²) in [5.74, 6) is 0. The zero-order valence-corrected chi connectivity index (χ0v) is 9.94. The third kappa shape index (κ3) is 2.14. The van der Waals surface area contributed by atoms with E-state index in [2.05, 4.69) is 30.2 Å². The standard InChI is InChI=1S/C13H17N3/c1-10(11(2)14-3)8-12-9-16-7-5-4-6-13(16)15-12/h4-9,11,14H,1-3H3/b10-8+. The molecule has 0 aromatic carbocycles. The first kappa shape index (κ1) is 10.9. The maximum atomic E-state index is 4.53. The second kappa shape index (κ2) is 4.49. The van der Waals surface area contributed by atoms with Crippen LogP contribution in [-0.4, -0.2) is 22.5 Å². The molecule has 3 heteroatoms. The molecule has 0 bridgehead atoms. The van der Waals surface area contributed by atoms with E-state index in [4.69, 9.17) is 0 Å². The first-order chi connectivity index (χ1) is 7.70. The van der Waals surface area contributed by atoms with Crippen molar-refractivity contribution in [2.75, 3.05) is 7.05 Å². The molecule has 0 saturated heterocycles. The third-order valence-corrected chi connectivity index (χ3v) is 2.87. The van der Waals surface area contributed by atoms with Gasteiger partial charge in [0.05, 0.1) is 5.69 Å². The highest BCUT2D eigenvalue weighted by atomic mass is 15.0. The highest BCUT2D eigenvalue weighted by Crippen LogP contribution is 2.10. The Morgan fingerprint density at radius 2 is 2.31 bits per heavy atom. The first-order valence-corrected chi connectivity index (χ1v) is 5.50. The van der Waals surface area contributed by atoms with Gasteiger partial charge in [0.1, 0.15) is 5.65 Å². The van der Waals surface area contributed by atoms with Gasteiger partial charge < -0.3 is 9.72 Å². The van der Waals surface area contributed by atoms with E-state index >= 15 is 0 Å². The highest BCUT2D eigenvalue weighted by molar-refractivity contribution is 5.54. The van der Waals surface area contributed by atoms with E-state index in [9.17, 15) is 0 Å². The summed E-state index contributed by atoms with van der Waals surface area (Å²) in [6, 6.07) is 6.39. The largest absolute Gasteiger partial charge is 0.314 e. The molecular weight excluding hydrogens is 198 g/mol. The summed E-state index contributed by atoms with van der Waals surface area (Å²) in [6.45, 7) is 4.26. The van der Waals surface area contributed by atoms with E-state index < -0.39 is 0 Å². The Morgan fingerprint density at radius 1 is 1.50 bits per heavy atom. The molecule has 1 unspecified atom stereocenters. The zero-order chi connectivity index (χ0) is 11.5. The van der Waals surface area contributed by atoms with Crippen molar-refractivity contribution in [1.82, 2.24) is 14.7 Å². The normalized spacial score (nSPS) is 14.3. The molecule has 16 heavy (non-hydrogen) atoms. The molecule has 3 nitrogen and oxygen atoms in total. The Bertz CT molecular complexity index is 478. The average Bonchev–Trinajstić information content (AvgIpc) is 2.69. The molecule has 0 saturated carbocycles. The van der Waals surface area contributed by atoms with Crippen molar-refractivity contribution < 1.29 is 0 Å². The van der Waals surface area contributed by atoms with Crippen LogP contribution >= 0.6 is 0 Å². The molecule has 0 aliphatic carbocycles.